The van der Waals surface area contributed by atoms with Gasteiger partial charge < -0.3 is 10.5 Å². The van der Waals surface area contributed by atoms with Crippen LogP contribution in [0.4, 0.5) is 4.39 Å². The van der Waals surface area contributed by atoms with E-state index >= 15 is 0 Å². The zero-order valence-corrected chi connectivity index (χ0v) is 7.51. The Morgan fingerprint density at radius 2 is 2.31 bits per heavy atom. The predicted molar refractivity (Wildman–Crippen MR) is 48.2 cm³/mol. The van der Waals surface area contributed by atoms with Crippen LogP contribution in [0.5, 0.6) is 5.75 Å². The lowest BCUT2D eigenvalue weighted by atomic mass is 10.0. The van der Waals surface area contributed by atoms with E-state index in [1.807, 2.05) is 0 Å². The lowest BCUT2D eigenvalue weighted by molar-refractivity contribution is 0.356. The number of nitrogens with two attached hydrogens (primary N) is 1. The molecule has 2 nitrogen and oxygen atoms in total. The Balaban J connectivity index is 2.49. The van der Waals surface area contributed by atoms with Crippen molar-refractivity contribution < 1.29 is 9.13 Å². The Labute approximate surface area is 76.5 Å². The minimum absolute atomic E-state index is 0.223. The van der Waals surface area contributed by atoms with Crippen LogP contribution in [-0.4, -0.2) is 6.61 Å². The molecule has 13 heavy (non-hydrogen) atoms. The van der Waals surface area contributed by atoms with Gasteiger partial charge >= 0.3 is 0 Å². The maximum Gasteiger partial charge on any atom is 0.128 e. The summed E-state index contributed by atoms with van der Waals surface area (Å²) in [4.78, 5) is 0. The molecule has 1 heterocycles. The highest BCUT2D eigenvalue weighted by Crippen LogP contribution is 2.30. The van der Waals surface area contributed by atoms with Crippen molar-refractivity contribution in [3.63, 3.8) is 0 Å². The topological polar surface area (TPSA) is 35.2 Å². The van der Waals surface area contributed by atoms with E-state index in [1.54, 1.807) is 13.0 Å². The van der Waals surface area contributed by atoms with E-state index in [1.165, 1.54) is 6.07 Å². The van der Waals surface area contributed by atoms with Crippen molar-refractivity contribution >= 4 is 0 Å². The first-order valence-corrected chi connectivity index (χ1v) is 4.39. The van der Waals surface area contributed by atoms with Crippen LogP contribution >= 0.6 is 0 Å². The van der Waals surface area contributed by atoms with Gasteiger partial charge in [0.05, 0.1) is 6.61 Å². The van der Waals surface area contributed by atoms with Gasteiger partial charge in [-0.3, -0.25) is 0 Å². The third kappa shape index (κ3) is 1.40. The van der Waals surface area contributed by atoms with Gasteiger partial charge in [-0.15, -0.1) is 0 Å². The van der Waals surface area contributed by atoms with E-state index in [2.05, 4.69) is 0 Å². The summed E-state index contributed by atoms with van der Waals surface area (Å²) in [6.07, 6.45) is 0.797. The van der Waals surface area contributed by atoms with Crippen LogP contribution in [0.3, 0.4) is 0 Å². The zero-order chi connectivity index (χ0) is 9.42. The molecule has 70 valence electrons. The van der Waals surface area contributed by atoms with Crippen molar-refractivity contribution in [3.8, 4) is 5.75 Å². The summed E-state index contributed by atoms with van der Waals surface area (Å²) in [6.45, 7) is 2.41. The predicted octanol–water partition coefficient (Wildman–Crippen LogP) is 1.78. The first kappa shape index (κ1) is 8.51. The normalized spacial score (nSPS) is 16.5. The van der Waals surface area contributed by atoms with Crippen LogP contribution in [0.25, 0.3) is 0 Å². The van der Waals surface area contributed by atoms with E-state index in [-0.39, 0.29) is 11.9 Å². The molecule has 0 aromatic heterocycles. The molecule has 1 aromatic rings. The number of rotatable bonds is 1. The average Bonchev–Trinajstić information content (AvgIpc) is 2.48. The summed E-state index contributed by atoms with van der Waals surface area (Å²) in [5, 5.41) is 0. The van der Waals surface area contributed by atoms with Crippen LogP contribution < -0.4 is 10.5 Å². The fourth-order valence-corrected chi connectivity index (χ4v) is 1.56. The van der Waals surface area contributed by atoms with Gasteiger partial charge in [-0.1, -0.05) is 0 Å². The summed E-state index contributed by atoms with van der Waals surface area (Å²) >= 11 is 0. The first-order chi connectivity index (χ1) is 6.18. The third-order valence-corrected chi connectivity index (χ3v) is 2.30. The Morgan fingerprint density at radius 1 is 1.54 bits per heavy atom. The third-order valence-electron chi connectivity index (χ3n) is 2.30. The molecule has 1 atom stereocenters. The van der Waals surface area contributed by atoms with Gasteiger partial charge in [0.1, 0.15) is 11.6 Å². The van der Waals surface area contributed by atoms with Crippen molar-refractivity contribution in [1.82, 2.24) is 0 Å². The molecule has 0 radical (unpaired) electrons. The maximum atomic E-state index is 13.4. The molecule has 0 aliphatic carbocycles. The number of benzene rings is 1. The molecular weight excluding hydrogens is 169 g/mol. The monoisotopic (exact) mass is 181 g/mol. The molecular formula is C10H12FNO. The number of hydrogen-bond donors (Lipinski definition) is 1. The van der Waals surface area contributed by atoms with Crippen molar-refractivity contribution in [2.24, 2.45) is 5.73 Å². The Kier molecular flexibility index (Phi) is 1.96. The van der Waals surface area contributed by atoms with E-state index in [4.69, 9.17) is 10.5 Å². The van der Waals surface area contributed by atoms with E-state index in [0.717, 1.165) is 17.7 Å². The Bertz CT molecular complexity index is 336. The number of ether oxygens (including phenoxy) is 1. The van der Waals surface area contributed by atoms with Crippen molar-refractivity contribution in [2.45, 2.75) is 19.4 Å². The smallest absolute Gasteiger partial charge is 0.128 e. The van der Waals surface area contributed by atoms with Crippen molar-refractivity contribution in [3.05, 3.63) is 29.1 Å². The number of hydrogen-bond acceptors (Lipinski definition) is 2. The minimum atomic E-state index is -0.283. The lowest BCUT2D eigenvalue weighted by Gasteiger charge is -2.08. The number of fused-ring (bicyclic) bond motifs is 1. The fourth-order valence-electron chi connectivity index (χ4n) is 1.56. The molecule has 2 rings (SSSR count). The summed E-state index contributed by atoms with van der Waals surface area (Å²) in [5.74, 6) is 0.563. The fraction of sp³-hybridized carbons (Fsp3) is 0.400. The highest BCUT2D eigenvalue weighted by molar-refractivity contribution is 5.41. The van der Waals surface area contributed by atoms with E-state index in [9.17, 15) is 4.39 Å². The average molecular weight is 181 g/mol. The van der Waals surface area contributed by atoms with E-state index < -0.39 is 0 Å². The van der Waals surface area contributed by atoms with Crippen molar-refractivity contribution in [1.29, 1.82) is 0 Å². The van der Waals surface area contributed by atoms with Gasteiger partial charge in [0, 0.05) is 23.6 Å². The molecule has 1 aromatic carbocycles. The lowest BCUT2D eigenvalue weighted by Crippen LogP contribution is -2.07. The Hall–Kier alpha value is -1.09. The highest BCUT2D eigenvalue weighted by Gasteiger charge is 2.17. The molecule has 1 aliphatic heterocycles. The second-order valence-corrected chi connectivity index (χ2v) is 3.37. The molecule has 0 fully saturated rings. The summed E-state index contributed by atoms with van der Waals surface area (Å²) in [5.41, 5.74) is 7.09. The standard InChI is InChI=1S/C10H12FNO/c1-6(12)8-5-10-7(2-3-13-10)4-9(8)11/h4-6H,2-3,12H2,1H3/t6-/m0/s1. The molecule has 2 N–H and O–H groups in total. The maximum absolute atomic E-state index is 13.4. The second-order valence-electron chi connectivity index (χ2n) is 3.37. The van der Waals surface area contributed by atoms with Gasteiger partial charge in [-0.05, 0) is 19.1 Å². The Morgan fingerprint density at radius 3 is 3.00 bits per heavy atom. The molecule has 0 unspecified atom stereocenters. The first-order valence-electron chi connectivity index (χ1n) is 4.39. The zero-order valence-electron chi connectivity index (χ0n) is 7.51. The summed E-state index contributed by atoms with van der Waals surface area (Å²) < 4.78 is 18.7. The van der Waals surface area contributed by atoms with Crippen LogP contribution in [0.1, 0.15) is 24.1 Å². The van der Waals surface area contributed by atoms with Gasteiger partial charge in [-0.25, -0.2) is 4.39 Å². The van der Waals surface area contributed by atoms with Crippen molar-refractivity contribution in [2.75, 3.05) is 6.61 Å². The van der Waals surface area contributed by atoms with Crippen LogP contribution in [0.15, 0.2) is 12.1 Å². The second kappa shape index (κ2) is 3.00. The molecule has 0 saturated carbocycles. The minimum Gasteiger partial charge on any atom is -0.493 e. The molecule has 3 heteroatoms. The van der Waals surface area contributed by atoms with Crippen LogP contribution in [-0.2, 0) is 6.42 Å². The molecule has 0 amide bonds. The largest absolute Gasteiger partial charge is 0.493 e. The van der Waals surface area contributed by atoms with Gasteiger partial charge in [0.2, 0.25) is 0 Å². The molecule has 0 saturated heterocycles. The van der Waals surface area contributed by atoms with E-state index in [0.29, 0.717) is 12.2 Å². The van der Waals surface area contributed by atoms with Gasteiger partial charge in [0.15, 0.2) is 0 Å². The highest BCUT2D eigenvalue weighted by atomic mass is 19.1. The summed E-state index contributed by atoms with van der Waals surface area (Å²) in [7, 11) is 0. The SMILES string of the molecule is C[C@H](N)c1cc2c(cc1F)CCO2. The number of halogens is 1. The molecule has 0 bridgehead atoms. The van der Waals surface area contributed by atoms with Crippen LogP contribution in [0.2, 0.25) is 0 Å². The van der Waals surface area contributed by atoms with Gasteiger partial charge in [0.25, 0.3) is 0 Å². The molecule has 1 aliphatic rings. The van der Waals surface area contributed by atoms with Crippen LogP contribution in [0, 0.1) is 5.82 Å². The summed E-state index contributed by atoms with van der Waals surface area (Å²) in [6, 6.07) is 2.96. The molecule has 0 spiro atoms. The quantitative estimate of drug-likeness (QED) is 0.716. The van der Waals surface area contributed by atoms with Gasteiger partial charge in [-0.2, -0.15) is 0 Å².